The van der Waals surface area contributed by atoms with E-state index >= 15 is 0 Å². The third kappa shape index (κ3) is 1.83. The maximum Gasteiger partial charge on any atom is 0.131 e. The molecule has 0 amide bonds. The van der Waals surface area contributed by atoms with Crippen LogP contribution in [0.4, 0.5) is 4.39 Å². The van der Waals surface area contributed by atoms with E-state index in [1.807, 2.05) is 30.3 Å². The molecule has 1 unspecified atom stereocenters. The molecule has 2 heteroatoms. The van der Waals surface area contributed by atoms with Crippen molar-refractivity contribution in [1.29, 1.82) is 0 Å². The summed E-state index contributed by atoms with van der Waals surface area (Å²) in [7, 11) is 0. The molecule has 0 radical (unpaired) electrons. The van der Waals surface area contributed by atoms with Crippen LogP contribution in [0.5, 0.6) is 0 Å². The first-order valence-corrected chi connectivity index (χ1v) is 6.52. The lowest BCUT2D eigenvalue weighted by Gasteiger charge is -2.30. The van der Waals surface area contributed by atoms with Crippen LogP contribution in [0.15, 0.2) is 36.4 Å². The SMILES string of the molecule is Fc1ccc(C(Cl)C2CCC2)c2ccccc12. The number of hydrogen-bond acceptors (Lipinski definition) is 0. The molecule has 88 valence electrons. The van der Waals surface area contributed by atoms with Crippen molar-refractivity contribution in [2.45, 2.75) is 24.6 Å². The van der Waals surface area contributed by atoms with Crippen LogP contribution in [0.1, 0.15) is 30.2 Å². The van der Waals surface area contributed by atoms with Crippen LogP contribution in [-0.4, -0.2) is 0 Å². The fraction of sp³-hybridized carbons (Fsp3) is 0.333. The lowest BCUT2D eigenvalue weighted by Crippen LogP contribution is -2.16. The lowest BCUT2D eigenvalue weighted by atomic mass is 9.79. The van der Waals surface area contributed by atoms with Crippen molar-refractivity contribution in [3.05, 3.63) is 47.8 Å². The first-order valence-electron chi connectivity index (χ1n) is 6.08. The van der Waals surface area contributed by atoms with E-state index in [-0.39, 0.29) is 11.2 Å². The summed E-state index contributed by atoms with van der Waals surface area (Å²) >= 11 is 6.52. The second-order valence-electron chi connectivity index (χ2n) is 4.77. The zero-order chi connectivity index (χ0) is 11.8. The molecule has 0 N–H and O–H groups in total. The molecule has 2 aromatic rings. The first kappa shape index (κ1) is 11.0. The minimum Gasteiger partial charge on any atom is -0.206 e. The highest BCUT2D eigenvalue weighted by atomic mass is 35.5. The van der Waals surface area contributed by atoms with E-state index in [2.05, 4.69) is 0 Å². The van der Waals surface area contributed by atoms with Gasteiger partial charge in [0.1, 0.15) is 5.82 Å². The summed E-state index contributed by atoms with van der Waals surface area (Å²) in [5.74, 6) is 0.396. The van der Waals surface area contributed by atoms with Gasteiger partial charge in [0.05, 0.1) is 5.38 Å². The van der Waals surface area contributed by atoms with E-state index in [0.29, 0.717) is 11.3 Å². The van der Waals surface area contributed by atoms with E-state index < -0.39 is 0 Å². The highest BCUT2D eigenvalue weighted by Crippen LogP contribution is 2.43. The summed E-state index contributed by atoms with van der Waals surface area (Å²) in [6, 6.07) is 11.0. The van der Waals surface area contributed by atoms with Crippen molar-refractivity contribution < 1.29 is 4.39 Å². The lowest BCUT2D eigenvalue weighted by molar-refractivity contribution is 0.306. The Bertz CT molecular complexity index is 546. The molecule has 0 nitrogen and oxygen atoms in total. The molecule has 1 aliphatic rings. The summed E-state index contributed by atoms with van der Waals surface area (Å²) in [6.45, 7) is 0. The van der Waals surface area contributed by atoms with E-state index in [1.54, 1.807) is 0 Å². The van der Waals surface area contributed by atoms with Gasteiger partial charge in [0, 0.05) is 5.39 Å². The Morgan fingerprint density at radius 3 is 2.41 bits per heavy atom. The Balaban J connectivity index is 2.12. The summed E-state index contributed by atoms with van der Waals surface area (Å²) in [5, 5.41) is 1.66. The monoisotopic (exact) mass is 248 g/mol. The summed E-state index contributed by atoms with van der Waals surface area (Å²) in [4.78, 5) is 0. The molecule has 0 saturated heterocycles. The quantitative estimate of drug-likeness (QED) is 0.652. The normalized spacial score (nSPS) is 18.0. The van der Waals surface area contributed by atoms with Crippen LogP contribution in [0.25, 0.3) is 10.8 Å². The largest absolute Gasteiger partial charge is 0.206 e. The van der Waals surface area contributed by atoms with Crippen LogP contribution >= 0.6 is 11.6 Å². The number of fused-ring (bicyclic) bond motifs is 1. The van der Waals surface area contributed by atoms with Crippen molar-refractivity contribution in [3.63, 3.8) is 0 Å². The van der Waals surface area contributed by atoms with Gasteiger partial charge in [-0.05, 0) is 35.8 Å². The fourth-order valence-electron chi connectivity index (χ4n) is 2.51. The molecule has 17 heavy (non-hydrogen) atoms. The zero-order valence-corrected chi connectivity index (χ0v) is 10.3. The van der Waals surface area contributed by atoms with E-state index in [4.69, 9.17) is 11.6 Å². The van der Waals surface area contributed by atoms with Gasteiger partial charge in [0.25, 0.3) is 0 Å². The van der Waals surface area contributed by atoms with Crippen molar-refractivity contribution in [2.75, 3.05) is 0 Å². The molecular formula is C15H14ClF. The van der Waals surface area contributed by atoms with Gasteiger partial charge >= 0.3 is 0 Å². The van der Waals surface area contributed by atoms with Crippen molar-refractivity contribution >= 4 is 22.4 Å². The van der Waals surface area contributed by atoms with Gasteiger partial charge in [-0.25, -0.2) is 4.39 Å². The Kier molecular flexibility index (Phi) is 2.79. The molecule has 0 aromatic heterocycles. The average Bonchev–Trinajstić information content (AvgIpc) is 2.27. The highest BCUT2D eigenvalue weighted by molar-refractivity contribution is 6.22. The number of hydrogen-bond donors (Lipinski definition) is 0. The Hall–Kier alpha value is -1.08. The molecular weight excluding hydrogens is 235 g/mol. The predicted octanol–water partition coefficient (Wildman–Crippen LogP) is 5.06. The fourth-order valence-corrected chi connectivity index (χ4v) is 2.95. The molecule has 2 aromatic carbocycles. The minimum atomic E-state index is -0.165. The van der Waals surface area contributed by atoms with Crippen molar-refractivity contribution in [1.82, 2.24) is 0 Å². The molecule has 1 aliphatic carbocycles. The maximum absolute atomic E-state index is 13.7. The standard InChI is InChI=1S/C15H14ClF/c16-15(10-4-3-5-10)13-8-9-14(17)12-7-2-1-6-11(12)13/h1-2,6-10,15H,3-5H2. The number of benzene rings is 2. The minimum absolute atomic E-state index is 0.0225. The third-order valence-corrected chi connectivity index (χ3v) is 4.36. The number of halogens is 2. The van der Waals surface area contributed by atoms with Gasteiger partial charge in [-0.15, -0.1) is 11.6 Å². The highest BCUT2D eigenvalue weighted by Gasteiger charge is 2.28. The summed E-state index contributed by atoms with van der Waals surface area (Å²) in [5.41, 5.74) is 1.08. The van der Waals surface area contributed by atoms with Crippen molar-refractivity contribution in [3.8, 4) is 0 Å². The van der Waals surface area contributed by atoms with Crippen LogP contribution in [0.2, 0.25) is 0 Å². The van der Waals surface area contributed by atoms with Gasteiger partial charge in [0.15, 0.2) is 0 Å². The molecule has 0 aliphatic heterocycles. The van der Waals surface area contributed by atoms with Crippen LogP contribution in [-0.2, 0) is 0 Å². The first-order chi connectivity index (χ1) is 8.27. The zero-order valence-electron chi connectivity index (χ0n) is 9.50. The smallest absolute Gasteiger partial charge is 0.131 e. The maximum atomic E-state index is 13.7. The summed E-state index contributed by atoms with van der Waals surface area (Å²) < 4.78 is 13.7. The third-order valence-electron chi connectivity index (χ3n) is 3.77. The van der Waals surface area contributed by atoms with E-state index in [9.17, 15) is 4.39 Å². The van der Waals surface area contributed by atoms with Gasteiger partial charge in [-0.2, -0.15) is 0 Å². The second kappa shape index (κ2) is 4.30. The van der Waals surface area contributed by atoms with E-state index in [0.717, 1.165) is 10.9 Å². The van der Waals surface area contributed by atoms with Crippen molar-refractivity contribution in [2.24, 2.45) is 5.92 Å². The van der Waals surface area contributed by atoms with Crippen LogP contribution in [0, 0.1) is 11.7 Å². The molecule has 1 atom stereocenters. The average molecular weight is 249 g/mol. The number of alkyl halides is 1. The van der Waals surface area contributed by atoms with Gasteiger partial charge in [-0.1, -0.05) is 36.8 Å². The Labute approximate surface area is 105 Å². The molecule has 0 bridgehead atoms. The summed E-state index contributed by atoms with van der Waals surface area (Å²) in [6.07, 6.45) is 3.66. The molecule has 0 heterocycles. The number of rotatable bonds is 2. The Morgan fingerprint density at radius 1 is 1.06 bits per heavy atom. The predicted molar refractivity (Wildman–Crippen MR) is 69.8 cm³/mol. The van der Waals surface area contributed by atoms with E-state index in [1.165, 1.54) is 25.3 Å². The molecule has 0 spiro atoms. The van der Waals surface area contributed by atoms with Gasteiger partial charge in [0.2, 0.25) is 0 Å². The van der Waals surface area contributed by atoms with Crippen LogP contribution in [0.3, 0.4) is 0 Å². The molecule has 1 fully saturated rings. The van der Waals surface area contributed by atoms with Gasteiger partial charge in [-0.3, -0.25) is 0 Å². The Morgan fingerprint density at radius 2 is 1.76 bits per heavy atom. The molecule has 3 rings (SSSR count). The molecule has 1 saturated carbocycles. The van der Waals surface area contributed by atoms with Gasteiger partial charge < -0.3 is 0 Å². The van der Waals surface area contributed by atoms with Crippen LogP contribution < -0.4 is 0 Å². The second-order valence-corrected chi connectivity index (χ2v) is 5.25. The topological polar surface area (TPSA) is 0 Å².